The largest absolute Gasteiger partial charge is 0.867 e. The topological polar surface area (TPSA) is 46.1 Å². The van der Waals surface area contributed by atoms with E-state index in [4.69, 9.17) is 10.0 Å². The van der Waals surface area contributed by atoms with Crippen molar-refractivity contribution in [2.45, 2.75) is 0 Å². The van der Waals surface area contributed by atoms with Gasteiger partial charge < -0.3 is 14.4 Å². The molecule has 0 saturated carbocycles. The van der Waals surface area contributed by atoms with Gasteiger partial charge in [0.25, 0.3) is 0 Å². The van der Waals surface area contributed by atoms with Gasteiger partial charge in [-0.2, -0.15) is 0 Å². The molecule has 0 aromatic heterocycles. The fraction of sp³-hybridized carbons (Fsp3) is 0.333. The summed E-state index contributed by atoms with van der Waals surface area (Å²) >= 11 is 0. The Labute approximate surface area is 145 Å². The minimum absolute atomic E-state index is 0.890. The Hall–Kier alpha value is -1.73. The zero-order valence-electron chi connectivity index (χ0n) is 15.4. The van der Waals surface area contributed by atoms with Crippen LogP contribution in [0.2, 0.25) is 0 Å². The second-order valence-corrected chi connectivity index (χ2v) is 6.97. The molecule has 0 spiro atoms. The van der Waals surface area contributed by atoms with Gasteiger partial charge in [-0.05, 0) is 24.3 Å². The number of hydrogen-bond acceptors (Lipinski definition) is 2. The van der Waals surface area contributed by atoms with Gasteiger partial charge in [-0.25, -0.2) is 0 Å². The minimum Gasteiger partial charge on any atom is -0.867 e. The number of benzene rings is 2. The summed E-state index contributed by atoms with van der Waals surface area (Å²) in [5, 5.41) is 16.6. The summed E-state index contributed by atoms with van der Waals surface area (Å²) in [5.41, 5.74) is 2.67. The van der Waals surface area contributed by atoms with E-state index >= 15 is 0 Å². The molecule has 0 radical (unpaired) electrons. The van der Waals surface area contributed by atoms with Crippen LogP contribution in [0.5, 0.6) is 0 Å². The summed E-state index contributed by atoms with van der Waals surface area (Å²) in [4.78, 5) is 0. The van der Waals surface area contributed by atoms with Gasteiger partial charge in [0.2, 0.25) is 0 Å². The molecule has 6 heteroatoms. The number of nitrogens with zero attached hydrogens (tertiary/aromatic N) is 2. The van der Waals surface area contributed by atoms with E-state index in [0.717, 1.165) is 8.97 Å². The fourth-order valence-electron chi connectivity index (χ4n) is 1.75. The molecule has 0 heterocycles. The molecule has 2 rings (SSSR count). The third kappa shape index (κ3) is 10.9. The molecule has 0 aliphatic heterocycles. The van der Waals surface area contributed by atoms with Gasteiger partial charge in [0, 0.05) is 0 Å². The first kappa shape index (κ1) is 22.3. The Morgan fingerprint density at radius 3 is 0.958 bits per heavy atom. The Bertz CT molecular complexity index is 500. The quantitative estimate of drug-likeness (QED) is 0.616. The van der Waals surface area contributed by atoms with Crippen LogP contribution in [0.1, 0.15) is 0 Å². The lowest BCUT2D eigenvalue weighted by Crippen LogP contribution is -2.39. The van der Waals surface area contributed by atoms with E-state index in [0.29, 0.717) is 0 Å². The van der Waals surface area contributed by atoms with Crippen LogP contribution in [0.4, 0.5) is 15.7 Å². The summed E-state index contributed by atoms with van der Waals surface area (Å²) in [6.45, 7) is 0. The Balaban J connectivity index is 0.000000363. The monoisotopic (exact) mass is 334 g/mol. The van der Waals surface area contributed by atoms with Gasteiger partial charge in [0.05, 0.1) is 42.3 Å². The van der Waals surface area contributed by atoms with E-state index in [-0.39, 0.29) is 0 Å². The highest BCUT2D eigenvalue weighted by Crippen LogP contribution is 2.14. The van der Waals surface area contributed by atoms with Crippen molar-refractivity contribution in [1.82, 2.24) is 8.97 Å². The maximum absolute atomic E-state index is 9.89. The van der Waals surface area contributed by atoms with Crippen molar-refractivity contribution in [2.24, 2.45) is 0 Å². The predicted octanol–water partition coefficient (Wildman–Crippen LogP) is 1.43. The van der Waals surface area contributed by atoms with Crippen molar-refractivity contribution in [3.05, 3.63) is 60.7 Å². The van der Waals surface area contributed by atoms with Crippen molar-refractivity contribution in [1.29, 1.82) is 0 Å². The summed E-state index contributed by atoms with van der Waals surface area (Å²) < 4.78 is 11.7. The zero-order chi connectivity index (χ0) is 18.8. The molecule has 0 bridgehead atoms. The Morgan fingerprint density at radius 1 is 0.625 bits per heavy atom. The van der Waals surface area contributed by atoms with Crippen LogP contribution < -0.4 is 19.0 Å². The van der Waals surface area contributed by atoms with E-state index in [1.807, 2.05) is 12.1 Å². The van der Waals surface area contributed by atoms with Crippen molar-refractivity contribution in [3.63, 3.8) is 0 Å². The zero-order valence-corrected chi connectivity index (χ0v) is 15.4. The average Bonchev–Trinajstić information content (AvgIpc) is 2.47. The number of hydrogen-bond donors (Lipinski definition) is 0. The van der Waals surface area contributed by atoms with Crippen molar-refractivity contribution in [2.75, 3.05) is 42.3 Å². The number of halogens is 1. The normalized spacial score (nSPS) is 10.7. The second-order valence-electron chi connectivity index (χ2n) is 6.97. The van der Waals surface area contributed by atoms with Gasteiger partial charge in [0.15, 0.2) is 0 Å². The summed E-state index contributed by atoms with van der Waals surface area (Å²) in [5.74, 6) is 0. The van der Waals surface area contributed by atoms with Crippen LogP contribution in [-0.4, -0.2) is 49.7 Å². The second kappa shape index (κ2) is 10.2. The standard InChI is InChI=1S/2C9H14N.BFO2/c2*1-10(2,3)9-7-5-4-6-8-9;2-1(3)4/h2*4-8H,1-3H3;/q2*+1;-2. The predicted molar refractivity (Wildman–Crippen MR) is 98.9 cm³/mol. The molecule has 0 saturated heterocycles. The third-order valence-electron chi connectivity index (χ3n) is 3.06. The first-order valence-electron chi connectivity index (χ1n) is 7.64. The molecule has 0 fully saturated rings. The lowest BCUT2D eigenvalue weighted by molar-refractivity contribution is -0.366. The molecule has 0 unspecified atom stereocenters. The van der Waals surface area contributed by atoms with Gasteiger partial charge in [-0.3, -0.25) is 8.97 Å². The van der Waals surface area contributed by atoms with E-state index in [9.17, 15) is 4.32 Å². The van der Waals surface area contributed by atoms with E-state index in [1.165, 1.54) is 11.4 Å². The lowest BCUT2D eigenvalue weighted by Gasteiger charge is -2.22. The van der Waals surface area contributed by atoms with Crippen LogP contribution in [0.25, 0.3) is 0 Å². The van der Waals surface area contributed by atoms with Crippen molar-refractivity contribution in [3.8, 4) is 0 Å². The smallest absolute Gasteiger partial charge is 0.132 e. The third-order valence-corrected chi connectivity index (χ3v) is 3.06. The molecular weight excluding hydrogens is 306 g/mol. The average molecular weight is 334 g/mol. The maximum atomic E-state index is 9.89. The summed E-state index contributed by atoms with van der Waals surface area (Å²) in [6, 6.07) is 20.9. The fourth-order valence-corrected chi connectivity index (χ4v) is 1.75. The van der Waals surface area contributed by atoms with Crippen LogP contribution in [0, 0.1) is 0 Å². The van der Waals surface area contributed by atoms with Gasteiger partial charge in [0.1, 0.15) is 18.8 Å². The van der Waals surface area contributed by atoms with Gasteiger partial charge >= 0.3 is 0 Å². The molecule has 132 valence electrons. The van der Waals surface area contributed by atoms with Gasteiger partial charge in [-0.15, -0.1) is 0 Å². The Morgan fingerprint density at radius 2 is 0.833 bits per heavy atom. The molecule has 2 aromatic rings. The minimum atomic E-state index is -3.17. The first-order chi connectivity index (χ1) is 10.9. The SMILES string of the molecule is C[N+](C)(C)c1ccccc1.C[N+](C)(C)c1ccccc1.[O-]B([O-])F. The van der Waals surface area contributed by atoms with Crippen LogP contribution in [0.15, 0.2) is 60.7 Å². The molecule has 24 heavy (non-hydrogen) atoms. The molecule has 2 aromatic carbocycles. The van der Waals surface area contributed by atoms with Crippen LogP contribution in [0.3, 0.4) is 0 Å². The first-order valence-corrected chi connectivity index (χ1v) is 7.64. The molecule has 0 amide bonds. The highest BCUT2D eigenvalue weighted by atomic mass is 19.1. The van der Waals surface area contributed by atoms with E-state index in [1.54, 1.807) is 0 Å². The highest BCUT2D eigenvalue weighted by Gasteiger charge is 2.09. The number of para-hydroxylation sites is 2. The van der Waals surface area contributed by atoms with Crippen molar-refractivity contribution < 1.29 is 14.4 Å². The Kier molecular flexibility index (Phi) is 9.47. The molecular formula is C18H28BFN2O2. The molecule has 0 atom stereocenters. The van der Waals surface area contributed by atoms with Crippen LogP contribution in [-0.2, 0) is 0 Å². The molecule has 0 aliphatic rings. The van der Waals surface area contributed by atoms with E-state index < -0.39 is 7.40 Å². The molecule has 4 nitrogen and oxygen atoms in total. The summed E-state index contributed by atoms with van der Waals surface area (Å²) in [6.07, 6.45) is 0. The van der Waals surface area contributed by atoms with Crippen LogP contribution >= 0.6 is 0 Å². The van der Waals surface area contributed by atoms with Crippen molar-refractivity contribution >= 4 is 18.8 Å². The lowest BCUT2D eigenvalue weighted by atomic mass is 10.3. The number of quaternary nitrogens is 2. The maximum Gasteiger partial charge on any atom is 0.132 e. The highest BCUT2D eigenvalue weighted by molar-refractivity contribution is 6.27. The number of rotatable bonds is 2. The molecule has 0 aliphatic carbocycles. The molecule has 0 N–H and O–H groups in total. The summed E-state index contributed by atoms with van der Waals surface area (Å²) in [7, 11) is 9.81. The van der Waals surface area contributed by atoms with E-state index in [2.05, 4.69) is 90.8 Å². The van der Waals surface area contributed by atoms with Gasteiger partial charge in [-0.1, -0.05) is 36.4 Å².